The number of ether oxygens (including phenoxy) is 1. The first kappa shape index (κ1) is 16.4. The number of nitrogens with zero attached hydrogens (tertiary/aromatic N) is 3. The highest BCUT2D eigenvalue weighted by Gasteiger charge is 2.40. The average Bonchev–Trinajstić information content (AvgIpc) is 2.95. The number of hydrogen-bond donors (Lipinski definition) is 2. The van der Waals surface area contributed by atoms with E-state index in [4.69, 9.17) is 4.74 Å². The second-order valence-corrected chi connectivity index (χ2v) is 6.19. The third-order valence-corrected chi connectivity index (χ3v) is 4.58. The lowest BCUT2D eigenvalue weighted by Crippen LogP contribution is -2.46. The van der Waals surface area contributed by atoms with Gasteiger partial charge < -0.3 is 15.2 Å². The SMILES string of the molecule is Cc1cc2ncc(C(=O)NCC3(C(=O)O)CCOCC3)c(C)n2n1. The molecule has 8 nitrogen and oxygen atoms in total. The lowest BCUT2D eigenvalue weighted by atomic mass is 9.80. The summed E-state index contributed by atoms with van der Waals surface area (Å²) in [5.41, 5.74) is 1.57. The molecule has 0 radical (unpaired) electrons. The van der Waals surface area contributed by atoms with Crippen LogP contribution in [0, 0.1) is 19.3 Å². The number of carbonyl (C=O) groups excluding carboxylic acids is 1. The number of carboxylic acid groups (broad SMARTS) is 1. The second kappa shape index (κ2) is 6.20. The maximum Gasteiger partial charge on any atom is 0.311 e. The molecule has 24 heavy (non-hydrogen) atoms. The molecule has 1 saturated heterocycles. The van der Waals surface area contributed by atoms with Crippen LogP contribution >= 0.6 is 0 Å². The minimum Gasteiger partial charge on any atom is -0.481 e. The number of fused-ring (bicyclic) bond motifs is 1. The van der Waals surface area contributed by atoms with E-state index in [1.54, 1.807) is 11.4 Å². The van der Waals surface area contributed by atoms with Crippen molar-refractivity contribution in [3.8, 4) is 0 Å². The fraction of sp³-hybridized carbons (Fsp3) is 0.500. The standard InChI is InChI=1S/C16H20N4O4/c1-10-7-13-17-8-12(11(2)20(13)19-10)14(21)18-9-16(15(22)23)3-5-24-6-4-16/h7-8H,3-6,9H2,1-2H3,(H,18,21)(H,22,23). The monoisotopic (exact) mass is 332 g/mol. The fourth-order valence-electron chi connectivity index (χ4n) is 2.96. The van der Waals surface area contributed by atoms with Gasteiger partial charge in [0.1, 0.15) is 0 Å². The van der Waals surface area contributed by atoms with Crippen molar-refractivity contribution in [1.29, 1.82) is 0 Å². The first-order chi connectivity index (χ1) is 11.4. The Kier molecular flexibility index (Phi) is 4.23. The number of amides is 1. The molecule has 0 aliphatic carbocycles. The van der Waals surface area contributed by atoms with Gasteiger partial charge in [0.2, 0.25) is 0 Å². The van der Waals surface area contributed by atoms with Crippen LogP contribution < -0.4 is 5.32 Å². The van der Waals surface area contributed by atoms with E-state index in [9.17, 15) is 14.7 Å². The molecule has 2 N–H and O–H groups in total. The number of aryl methyl sites for hydroxylation is 2. The number of hydrogen-bond acceptors (Lipinski definition) is 5. The van der Waals surface area contributed by atoms with E-state index in [0.29, 0.717) is 43.0 Å². The summed E-state index contributed by atoms with van der Waals surface area (Å²) in [6, 6.07) is 1.83. The van der Waals surface area contributed by atoms with Crippen LogP contribution in [0.25, 0.3) is 5.65 Å². The van der Waals surface area contributed by atoms with Gasteiger partial charge in [0, 0.05) is 32.0 Å². The van der Waals surface area contributed by atoms with Gasteiger partial charge in [-0.3, -0.25) is 9.59 Å². The van der Waals surface area contributed by atoms with Crippen molar-refractivity contribution >= 4 is 17.5 Å². The molecule has 0 bridgehead atoms. The van der Waals surface area contributed by atoms with Gasteiger partial charge in [-0.2, -0.15) is 5.10 Å². The van der Waals surface area contributed by atoms with Crippen molar-refractivity contribution in [1.82, 2.24) is 19.9 Å². The Balaban J connectivity index is 1.79. The highest BCUT2D eigenvalue weighted by atomic mass is 16.5. The van der Waals surface area contributed by atoms with Gasteiger partial charge in [0.15, 0.2) is 5.65 Å². The van der Waals surface area contributed by atoms with Gasteiger partial charge in [0.05, 0.1) is 22.4 Å². The first-order valence-corrected chi connectivity index (χ1v) is 7.84. The van der Waals surface area contributed by atoms with E-state index in [1.165, 1.54) is 6.20 Å². The molecule has 8 heteroatoms. The molecule has 2 aromatic rings. The molecule has 2 aromatic heterocycles. The molecule has 128 valence electrons. The summed E-state index contributed by atoms with van der Waals surface area (Å²) in [6.45, 7) is 4.50. The zero-order valence-corrected chi connectivity index (χ0v) is 13.7. The summed E-state index contributed by atoms with van der Waals surface area (Å²) in [5.74, 6) is -1.25. The van der Waals surface area contributed by atoms with Crippen LogP contribution in [0.3, 0.4) is 0 Å². The molecule has 1 fully saturated rings. The third kappa shape index (κ3) is 2.84. The van der Waals surface area contributed by atoms with Gasteiger partial charge in [-0.15, -0.1) is 0 Å². The number of carboxylic acids is 1. The number of rotatable bonds is 4. The molecule has 1 aliphatic rings. The van der Waals surface area contributed by atoms with Gasteiger partial charge in [-0.1, -0.05) is 0 Å². The van der Waals surface area contributed by atoms with Crippen LogP contribution in [0.15, 0.2) is 12.3 Å². The Bertz CT molecular complexity index is 793. The van der Waals surface area contributed by atoms with E-state index in [1.807, 2.05) is 13.0 Å². The van der Waals surface area contributed by atoms with Crippen LogP contribution in [0.4, 0.5) is 0 Å². The number of carbonyl (C=O) groups is 2. The summed E-state index contributed by atoms with van der Waals surface area (Å²) < 4.78 is 6.86. The van der Waals surface area contributed by atoms with Crippen molar-refractivity contribution in [3.63, 3.8) is 0 Å². The number of aliphatic carboxylic acids is 1. The average molecular weight is 332 g/mol. The lowest BCUT2D eigenvalue weighted by Gasteiger charge is -2.33. The Morgan fingerprint density at radius 2 is 2.08 bits per heavy atom. The predicted octanol–water partition coefficient (Wildman–Crippen LogP) is 0.957. The fourth-order valence-corrected chi connectivity index (χ4v) is 2.96. The van der Waals surface area contributed by atoms with E-state index in [-0.39, 0.29) is 12.5 Å². The molecule has 3 rings (SSSR count). The number of aromatic nitrogens is 3. The highest BCUT2D eigenvalue weighted by molar-refractivity contribution is 5.95. The van der Waals surface area contributed by atoms with Gasteiger partial charge in [-0.25, -0.2) is 9.50 Å². The van der Waals surface area contributed by atoms with Crippen LogP contribution in [0.5, 0.6) is 0 Å². The molecular weight excluding hydrogens is 312 g/mol. The van der Waals surface area contributed by atoms with Crippen LogP contribution in [0.1, 0.15) is 34.6 Å². The Morgan fingerprint density at radius 3 is 2.75 bits per heavy atom. The predicted molar refractivity (Wildman–Crippen MR) is 84.9 cm³/mol. The summed E-state index contributed by atoms with van der Waals surface area (Å²) in [7, 11) is 0. The molecule has 0 atom stereocenters. The molecule has 0 saturated carbocycles. The minimum atomic E-state index is -0.971. The van der Waals surface area contributed by atoms with E-state index in [0.717, 1.165) is 5.69 Å². The van der Waals surface area contributed by atoms with Crippen LogP contribution in [-0.2, 0) is 9.53 Å². The van der Waals surface area contributed by atoms with Crippen molar-refractivity contribution in [3.05, 3.63) is 29.2 Å². The molecule has 1 amide bonds. The van der Waals surface area contributed by atoms with Crippen molar-refractivity contribution in [2.24, 2.45) is 5.41 Å². The van der Waals surface area contributed by atoms with Crippen LogP contribution in [-0.4, -0.2) is 51.3 Å². The maximum atomic E-state index is 12.5. The van der Waals surface area contributed by atoms with E-state index < -0.39 is 11.4 Å². The topological polar surface area (TPSA) is 106 Å². The Labute approximate surface area is 138 Å². The van der Waals surface area contributed by atoms with Gasteiger partial charge in [0.25, 0.3) is 5.91 Å². The van der Waals surface area contributed by atoms with Crippen molar-refractivity contribution in [2.45, 2.75) is 26.7 Å². The molecule has 1 aliphatic heterocycles. The molecule has 0 unspecified atom stereocenters. The normalized spacial score (nSPS) is 16.9. The largest absolute Gasteiger partial charge is 0.481 e. The van der Waals surface area contributed by atoms with Crippen molar-refractivity contribution in [2.75, 3.05) is 19.8 Å². The second-order valence-electron chi connectivity index (χ2n) is 6.19. The summed E-state index contributed by atoms with van der Waals surface area (Å²) >= 11 is 0. The van der Waals surface area contributed by atoms with Gasteiger partial charge in [-0.05, 0) is 26.7 Å². The minimum absolute atomic E-state index is 0.0696. The van der Waals surface area contributed by atoms with Crippen molar-refractivity contribution < 1.29 is 19.4 Å². The van der Waals surface area contributed by atoms with Gasteiger partial charge >= 0.3 is 5.97 Å². The maximum absolute atomic E-state index is 12.5. The molecule has 0 aromatic carbocycles. The summed E-state index contributed by atoms with van der Waals surface area (Å²) in [4.78, 5) is 28.4. The van der Waals surface area contributed by atoms with Crippen LogP contribution in [0.2, 0.25) is 0 Å². The molecule has 0 spiro atoms. The summed E-state index contributed by atoms with van der Waals surface area (Å²) in [5, 5.41) is 16.6. The molecular formula is C16H20N4O4. The zero-order valence-electron chi connectivity index (χ0n) is 13.7. The number of nitrogens with one attached hydrogen (secondary N) is 1. The smallest absolute Gasteiger partial charge is 0.311 e. The zero-order chi connectivity index (χ0) is 17.3. The lowest BCUT2D eigenvalue weighted by molar-refractivity contribution is -0.154. The Hall–Kier alpha value is -2.48. The first-order valence-electron chi connectivity index (χ1n) is 7.84. The summed E-state index contributed by atoms with van der Waals surface area (Å²) in [6.07, 6.45) is 2.27. The van der Waals surface area contributed by atoms with E-state index >= 15 is 0 Å². The highest BCUT2D eigenvalue weighted by Crippen LogP contribution is 2.30. The quantitative estimate of drug-likeness (QED) is 0.864. The van der Waals surface area contributed by atoms with E-state index in [2.05, 4.69) is 15.4 Å². The molecule has 3 heterocycles. The Morgan fingerprint density at radius 1 is 1.38 bits per heavy atom. The third-order valence-electron chi connectivity index (χ3n) is 4.58.